The van der Waals surface area contributed by atoms with Gasteiger partial charge in [-0.3, -0.25) is 9.59 Å². The number of hydrogen-bond donors (Lipinski definition) is 1. The van der Waals surface area contributed by atoms with Gasteiger partial charge in [0.05, 0.1) is 0 Å². The van der Waals surface area contributed by atoms with Crippen LogP contribution in [-0.4, -0.2) is 35.6 Å². The highest BCUT2D eigenvalue weighted by Crippen LogP contribution is 2.35. The average molecular weight is 372 g/mol. The van der Waals surface area contributed by atoms with Crippen LogP contribution in [-0.2, 0) is 4.79 Å². The third kappa shape index (κ3) is 4.43. The summed E-state index contributed by atoms with van der Waals surface area (Å²) in [6.07, 6.45) is 0.724. The number of carbonyl (C=O) groups excluding carboxylic acids is 2. The summed E-state index contributed by atoms with van der Waals surface area (Å²) in [6, 6.07) is 13.8. The number of benzene rings is 2. The van der Waals surface area contributed by atoms with Crippen LogP contribution in [0.3, 0.4) is 0 Å². The van der Waals surface area contributed by atoms with Crippen molar-refractivity contribution in [1.29, 1.82) is 0 Å². The third-order valence-electron chi connectivity index (χ3n) is 4.33. The molecule has 0 saturated carbocycles. The molecule has 1 aliphatic rings. The molecule has 1 heterocycles. The predicted octanol–water partition coefficient (Wildman–Crippen LogP) is 4.10. The second-order valence-electron chi connectivity index (χ2n) is 6.22. The molecule has 2 amide bonds. The molecule has 0 aromatic heterocycles. The molecule has 4 nitrogen and oxygen atoms in total. The third-order valence-corrected chi connectivity index (χ3v) is 5.64. The molecule has 1 N–H and O–H groups in total. The normalized spacial score (nSPS) is 17.5. The summed E-state index contributed by atoms with van der Waals surface area (Å²) in [4.78, 5) is 25.6. The average Bonchev–Trinajstić information content (AvgIpc) is 2.88. The Morgan fingerprint density at radius 3 is 2.54 bits per heavy atom. The number of thioether (sulfide) groups is 1. The van der Waals surface area contributed by atoms with E-state index >= 15 is 0 Å². The van der Waals surface area contributed by atoms with Crippen LogP contribution in [0.2, 0.25) is 0 Å². The number of rotatable bonds is 3. The lowest BCUT2D eigenvalue weighted by atomic mass is 10.1. The molecule has 0 bridgehead atoms. The van der Waals surface area contributed by atoms with Crippen LogP contribution in [0.4, 0.5) is 10.1 Å². The Balaban J connectivity index is 1.66. The minimum atomic E-state index is -0.182. The van der Waals surface area contributed by atoms with Gasteiger partial charge in [-0.05, 0) is 36.8 Å². The lowest BCUT2D eigenvalue weighted by molar-refractivity contribution is -0.114. The van der Waals surface area contributed by atoms with E-state index in [4.69, 9.17) is 0 Å². The maximum absolute atomic E-state index is 14.0. The molecule has 1 aliphatic heterocycles. The second kappa shape index (κ2) is 8.36. The Morgan fingerprint density at radius 1 is 1.12 bits per heavy atom. The first kappa shape index (κ1) is 18.5. The van der Waals surface area contributed by atoms with E-state index in [1.165, 1.54) is 13.0 Å². The molecule has 3 rings (SSSR count). The summed E-state index contributed by atoms with van der Waals surface area (Å²) in [5, 5.41) is 2.75. The van der Waals surface area contributed by atoms with E-state index in [9.17, 15) is 14.0 Å². The van der Waals surface area contributed by atoms with E-state index in [2.05, 4.69) is 5.32 Å². The molecule has 1 saturated heterocycles. The Kier molecular flexibility index (Phi) is 5.93. The number of anilines is 1. The Bertz CT molecular complexity index is 795. The molecule has 0 aliphatic carbocycles. The Labute approximate surface area is 156 Å². The number of carbonyl (C=O) groups is 2. The lowest BCUT2D eigenvalue weighted by Gasteiger charge is -2.20. The van der Waals surface area contributed by atoms with Crippen LogP contribution in [0.15, 0.2) is 48.5 Å². The van der Waals surface area contributed by atoms with Crippen LogP contribution in [0.5, 0.6) is 0 Å². The van der Waals surface area contributed by atoms with Crippen molar-refractivity contribution in [2.24, 2.45) is 0 Å². The molecule has 136 valence electrons. The Hall–Kier alpha value is -2.34. The van der Waals surface area contributed by atoms with E-state index in [-0.39, 0.29) is 22.9 Å². The van der Waals surface area contributed by atoms with Gasteiger partial charge in [-0.1, -0.05) is 18.2 Å². The molecule has 26 heavy (non-hydrogen) atoms. The molecular formula is C20H21FN2O2S. The summed E-state index contributed by atoms with van der Waals surface area (Å²) in [5.74, 6) is 0.412. The van der Waals surface area contributed by atoms with Crippen molar-refractivity contribution < 1.29 is 14.0 Å². The van der Waals surface area contributed by atoms with Crippen LogP contribution < -0.4 is 5.32 Å². The SMILES string of the molecule is CC(=O)Nc1ccc(C(=O)N2CCS[C@H](c3ccccc3F)CC2)cc1. The van der Waals surface area contributed by atoms with Crippen molar-refractivity contribution in [2.45, 2.75) is 18.6 Å². The highest BCUT2D eigenvalue weighted by atomic mass is 32.2. The van der Waals surface area contributed by atoms with Crippen molar-refractivity contribution in [3.63, 3.8) is 0 Å². The first-order valence-corrected chi connectivity index (χ1v) is 9.62. The number of nitrogens with one attached hydrogen (secondary N) is 1. The van der Waals surface area contributed by atoms with Gasteiger partial charge in [0.1, 0.15) is 5.82 Å². The zero-order chi connectivity index (χ0) is 18.5. The van der Waals surface area contributed by atoms with Gasteiger partial charge >= 0.3 is 0 Å². The molecule has 2 aromatic carbocycles. The van der Waals surface area contributed by atoms with Gasteiger partial charge < -0.3 is 10.2 Å². The van der Waals surface area contributed by atoms with Crippen molar-refractivity contribution in [1.82, 2.24) is 4.90 Å². The van der Waals surface area contributed by atoms with E-state index in [1.807, 2.05) is 17.0 Å². The lowest BCUT2D eigenvalue weighted by Crippen LogP contribution is -2.32. The van der Waals surface area contributed by atoms with Crippen LogP contribution >= 0.6 is 11.8 Å². The molecule has 6 heteroatoms. The minimum Gasteiger partial charge on any atom is -0.338 e. The molecule has 1 atom stereocenters. The second-order valence-corrected chi connectivity index (χ2v) is 7.53. The largest absolute Gasteiger partial charge is 0.338 e. The first-order valence-electron chi connectivity index (χ1n) is 8.57. The fourth-order valence-corrected chi connectivity index (χ4v) is 4.29. The van der Waals surface area contributed by atoms with Gasteiger partial charge in [0.25, 0.3) is 5.91 Å². The number of amides is 2. The summed E-state index contributed by atoms with van der Waals surface area (Å²) in [5.41, 5.74) is 1.97. The quantitative estimate of drug-likeness (QED) is 0.882. The van der Waals surface area contributed by atoms with Crippen LogP contribution in [0, 0.1) is 5.82 Å². The first-order chi connectivity index (χ1) is 12.5. The zero-order valence-corrected chi connectivity index (χ0v) is 15.4. The fraction of sp³-hybridized carbons (Fsp3) is 0.300. The summed E-state index contributed by atoms with van der Waals surface area (Å²) in [6.45, 7) is 2.68. The van der Waals surface area contributed by atoms with Gasteiger partial charge in [-0.25, -0.2) is 4.39 Å². The molecule has 1 fully saturated rings. The van der Waals surface area contributed by atoms with Crippen LogP contribution in [0.1, 0.15) is 34.5 Å². The highest BCUT2D eigenvalue weighted by molar-refractivity contribution is 7.99. The van der Waals surface area contributed by atoms with Gasteiger partial charge in [0.2, 0.25) is 5.91 Å². The summed E-state index contributed by atoms with van der Waals surface area (Å²) in [7, 11) is 0. The number of halogens is 1. The summed E-state index contributed by atoms with van der Waals surface area (Å²) < 4.78 is 14.0. The Morgan fingerprint density at radius 2 is 1.85 bits per heavy atom. The predicted molar refractivity (Wildman–Crippen MR) is 103 cm³/mol. The van der Waals surface area contributed by atoms with Crippen molar-refractivity contribution in [3.05, 3.63) is 65.5 Å². The van der Waals surface area contributed by atoms with E-state index in [1.54, 1.807) is 42.1 Å². The van der Waals surface area contributed by atoms with Crippen molar-refractivity contribution >= 4 is 29.3 Å². The smallest absolute Gasteiger partial charge is 0.253 e. The van der Waals surface area contributed by atoms with Gasteiger partial charge in [0.15, 0.2) is 0 Å². The standard InChI is InChI=1S/C20H21FN2O2S/c1-14(24)22-16-8-6-15(7-9-16)20(25)23-11-10-19(26-13-12-23)17-4-2-3-5-18(17)21/h2-9,19H,10-13H2,1H3,(H,22,24)/t19-/m0/s1. The highest BCUT2D eigenvalue weighted by Gasteiger charge is 2.24. The zero-order valence-electron chi connectivity index (χ0n) is 14.6. The van der Waals surface area contributed by atoms with Crippen molar-refractivity contribution in [2.75, 3.05) is 24.2 Å². The maximum atomic E-state index is 14.0. The van der Waals surface area contributed by atoms with E-state index in [0.29, 0.717) is 29.9 Å². The molecule has 0 spiro atoms. The molecule has 2 aromatic rings. The monoisotopic (exact) mass is 372 g/mol. The van der Waals surface area contributed by atoms with Gasteiger partial charge in [0, 0.05) is 47.8 Å². The van der Waals surface area contributed by atoms with Gasteiger partial charge in [-0.15, -0.1) is 0 Å². The topological polar surface area (TPSA) is 49.4 Å². The maximum Gasteiger partial charge on any atom is 0.253 e. The molecular weight excluding hydrogens is 351 g/mol. The number of hydrogen-bond acceptors (Lipinski definition) is 3. The van der Waals surface area contributed by atoms with E-state index in [0.717, 1.165) is 12.2 Å². The van der Waals surface area contributed by atoms with Crippen molar-refractivity contribution in [3.8, 4) is 0 Å². The van der Waals surface area contributed by atoms with Crippen LogP contribution in [0.25, 0.3) is 0 Å². The molecule has 0 radical (unpaired) electrons. The van der Waals surface area contributed by atoms with Gasteiger partial charge in [-0.2, -0.15) is 11.8 Å². The minimum absolute atomic E-state index is 0.0332. The molecule has 0 unspecified atom stereocenters. The number of nitrogens with zero attached hydrogens (tertiary/aromatic N) is 1. The van der Waals surface area contributed by atoms with E-state index < -0.39 is 0 Å². The fourth-order valence-electron chi connectivity index (χ4n) is 3.04. The summed E-state index contributed by atoms with van der Waals surface area (Å²) >= 11 is 1.70.